The number of halogens is 2. The molecular formula is C6H11Cl2N3. The third kappa shape index (κ3) is 3.30. The molecule has 4 N–H and O–H groups in total. The number of hydrogen-bond acceptors (Lipinski definition) is 3. The summed E-state index contributed by atoms with van der Waals surface area (Å²) in [6, 6.07) is 3.43. The van der Waals surface area contributed by atoms with Crippen LogP contribution in [0, 0.1) is 6.92 Å². The number of nitrogen functional groups attached to an aromatic ring is 2. The van der Waals surface area contributed by atoms with Gasteiger partial charge in [-0.1, -0.05) is 0 Å². The van der Waals surface area contributed by atoms with Crippen LogP contribution < -0.4 is 11.5 Å². The van der Waals surface area contributed by atoms with Crippen LogP contribution in [0.5, 0.6) is 0 Å². The third-order valence-electron chi connectivity index (χ3n) is 1.15. The smallest absolute Gasteiger partial charge is 0.123 e. The highest BCUT2D eigenvalue weighted by atomic mass is 35.5. The van der Waals surface area contributed by atoms with E-state index in [2.05, 4.69) is 4.98 Å². The number of aromatic nitrogens is 1. The second kappa shape index (κ2) is 5.04. The van der Waals surface area contributed by atoms with E-state index in [1.807, 2.05) is 6.92 Å². The van der Waals surface area contributed by atoms with Crippen molar-refractivity contribution >= 4 is 36.3 Å². The Balaban J connectivity index is 0. The number of pyridine rings is 1. The molecule has 0 saturated carbocycles. The lowest BCUT2D eigenvalue weighted by molar-refractivity contribution is 1.22. The first-order valence-electron chi connectivity index (χ1n) is 2.69. The van der Waals surface area contributed by atoms with E-state index in [-0.39, 0.29) is 24.8 Å². The highest BCUT2D eigenvalue weighted by molar-refractivity contribution is 5.85. The van der Waals surface area contributed by atoms with E-state index in [1.165, 1.54) is 0 Å². The Morgan fingerprint density at radius 2 is 1.73 bits per heavy atom. The molecular weight excluding hydrogens is 185 g/mol. The van der Waals surface area contributed by atoms with Gasteiger partial charge in [0.1, 0.15) is 5.82 Å². The second-order valence-electron chi connectivity index (χ2n) is 1.91. The Bertz CT molecular complexity index is 227. The second-order valence-corrected chi connectivity index (χ2v) is 1.91. The lowest BCUT2D eigenvalue weighted by Gasteiger charge is -1.97. The summed E-state index contributed by atoms with van der Waals surface area (Å²) in [5.41, 5.74) is 12.3. The summed E-state index contributed by atoms with van der Waals surface area (Å²) in [6.45, 7) is 1.83. The number of nitrogens with two attached hydrogens (primary N) is 2. The summed E-state index contributed by atoms with van der Waals surface area (Å²) < 4.78 is 0. The fourth-order valence-corrected chi connectivity index (χ4v) is 0.591. The molecule has 1 heterocycles. The van der Waals surface area contributed by atoms with Gasteiger partial charge in [0.25, 0.3) is 0 Å². The van der Waals surface area contributed by atoms with Gasteiger partial charge in [0.05, 0.1) is 11.4 Å². The summed E-state index contributed by atoms with van der Waals surface area (Å²) >= 11 is 0. The van der Waals surface area contributed by atoms with Crippen LogP contribution in [0.15, 0.2) is 12.1 Å². The van der Waals surface area contributed by atoms with Gasteiger partial charge in [0.2, 0.25) is 0 Å². The minimum absolute atomic E-state index is 0. The lowest BCUT2D eigenvalue weighted by atomic mass is 10.3. The molecule has 5 heteroatoms. The van der Waals surface area contributed by atoms with Crippen LogP contribution >= 0.6 is 24.8 Å². The molecule has 0 atom stereocenters. The molecule has 0 aromatic carbocycles. The molecule has 1 aromatic heterocycles. The van der Waals surface area contributed by atoms with Gasteiger partial charge in [0, 0.05) is 0 Å². The fourth-order valence-electron chi connectivity index (χ4n) is 0.591. The molecule has 11 heavy (non-hydrogen) atoms. The number of aryl methyl sites for hydroxylation is 1. The summed E-state index contributed by atoms with van der Waals surface area (Å²) in [6.07, 6.45) is 0. The molecule has 0 amide bonds. The van der Waals surface area contributed by atoms with Crippen molar-refractivity contribution in [3.63, 3.8) is 0 Å². The molecule has 0 saturated heterocycles. The zero-order valence-electron chi connectivity index (χ0n) is 6.07. The molecule has 64 valence electrons. The van der Waals surface area contributed by atoms with E-state index in [1.54, 1.807) is 12.1 Å². The first-order chi connectivity index (χ1) is 4.20. The van der Waals surface area contributed by atoms with Crippen LogP contribution in [-0.2, 0) is 0 Å². The zero-order valence-corrected chi connectivity index (χ0v) is 7.71. The zero-order chi connectivity index (χ0) is 6.85. The fraction of sp³-hybridized carbons (Fsp3) is 0.167. The van der Waals surface area contributed by atoms with Crippen LogP contribution in [-0.4, -0.2) is 4.98 Å². The molecule has 3 nitrogen and oxygen atoms in total. The van der Waals surface area contributed by atoms with Crippen molar-refractivity contribution in [1.29, 1.82) is 0 Å². The van der Waals surface area contributed by atoms with Crippen LogP contribution in [0.3, 0.4) is 0 Å². The average Bonchev–Trinajstić information content (AvgIpc) is 1.80. The van der Waals surface area contributed by atoms with E-state index in [0.717, 1.165) is 5.69 Å². The maximum Gasteiger partial charge on any atom is 0.123 e. The predicted octanol–water partition coefficient (Wildman–Crippen LogP) is 1.40. The molecule has 1 aromatic rings. The largest absolute Gasteiger partial charge is 0.397 e. The molecule has 0 unspecified atom stereocenters. The van der Waals surface area contributed by atoms with Crippen molar-refractivity contribution < 1.29 is 0 Å². The summed E-state index contributed by atoms with van der Waals surface area (Å²) in [7, 11) is 0. The van der Waals surface area contributed by atoms with Crippen molar-refractivity contribution in [3.05, 3.63) is 17.8 Å². The Morgan fingerprint density at radius 3 is 2.09 bits per heavy atom. The highest BCUT2D eigenvalue weighted by Gasteiger charge is 1.91. The van der Waals surface area contributed by atoms with Crippen molar-refractivity contribution in [2.24, 2.45) is 0 Å². The highest BCUT2D eigenvalue weighted by Crippen LogP contribution is 2.07. The normalized spacial score (nSPS) is 7.73. The molecule has 0 aliphatic heterocycles. The van der Waals surface area contributed by atoms with Crippen LogP contribution in [0.1, 0.15) is 5.69 Å². The van der Waals surface area contributed by atoms with Crippen LogP contribution in [0.2, 0.25) is 0 Å². The Morgan fingerprint density at radius 1 is 1.18 bits per heavy atom. The molecule has 0 radical (unpaired) electrons. The summed E-state index contributed by atoms with van der Waals surface area (Å²) in [5, 5.41) is 0. The minimum Gasteiger partial charge on any atom is -0.397 e. The van der Waals surface area contributed by atoms with Gasteiger partial charge in [-0.15, -0.1) is 24.8 Å². The first-order valence-corrected chi connectivity index (χ1v) is 2.69. The van der Waals surface area contributed by atoms with Crippen LogP contribution in [0.4, 0.5) is 11.5 Å². The van der Waals surface area contributed by atoms with E-state index in [0.29, 0.717) is 11.5 Å². The SMILES string of the molecule is Cc1nc(N)ccc1N.Cl.Cl. The van der Waals surface area contributed by atoms with Gasteiger partial charge < -0.3 is 11.5 Å². The molecule has 0 aliphatic rings. The van der Waals surface area contributed by atoms with Gasteiger partial charge in [-0.2, -0.15) is 0 Å². The van der Waals surface area contributed by atoms with E-state index >= 15 is 0 Å². The van der Waals surface area contributed by atoms with Gasteiger partial charge in [-0.3, -0.25) is 0 Å². The standard InChI is InChI=1S/C6H9N3.2ClH/c1-4-5(7)2-3-6(8)9-4;;/h2-3H,7H2,1H3,(H2,8,9);2*1H. The van der Waals surface area contributed by atoms with Gasteiger partial charge in [-0.05, 0) is 19.1 Å². The van der Waals surface area contributed by atoms with Gasteiger partial charge >= 0.3 is 0 Å². The van der Waals surface area contributed by atoms with Gasteiger partial charge in [0.15, 0.2) is 0 Å². The molecule has 0 bridgehead atoms. The Hall–Kier alpha value is -0.670. The monoisotopic (exact) mass is 195 g/mol. The van der Waals surface area contributed by atoms with E-state index in [4.69, 9.17) is 11.5 Å². The minimum atomic E-state index is 0. The number of nitrogens with zero attached hydrogens (tertiary/aromatic N) is 1. The topological polar surface area (TPSA) is 64.9 Å². The molecule has 0 aliphatic carbocycles. The third-order valence-corrected chi connectivity index (χ3v) is 1.15. The molecule has 0 fully saturated rings. The van der Waals surface area contributed by atoms with Crippen molar-refractivity contribution in [1.82, 2.24) is 4.98 Å². The quantitative estimate of drug-likeness (QED) is 0.659. The Labute approximate surface area is 78.0 Å². The van der Waals surface area contributed by atoms with Crippen molar-refractivity contribution in [2.75, 3.05) is 11.5 Å². The van der Waals surface area contributed by atoms with Gasteiger partial charge in [-0.25, -0.2) is 4.98 Å². The van der Waals surface area contributed by atoms with Crippen molar-refractivity contribution in [2.45, 2.75) is 6.92 Å². The lowest BCUT2D eigenvalue weighted by Crippen LogP contribution is -1.96. The average molecular weight is 196 g/mol. The predicted molar refractivity (Wildman–Crippen MR) is 52.3 cm³/mol. The summed E-state index contributed by atoms with van der Waals surface area (Å²) in [4.78, 5) is 3.93. The maximum absolute atomic E-state index is 5.47. The number of rotatable bonds is 0. The Kier molecular flexibility index (Phi) is 5.94. The van der Waals surface area contributed by atoms with Crippen molar-refractivity contribution in [3.8, 4) is 0 Å². The molecule has 1 rings (SSSR count). The maximum atomic E-state index is 5.47. The first kappa shape index (κ1) is 13.0. The number of anilines is 2. The van der Waals surface area contributed by atoms with Crippen LogP contribution in [0.25, 0.3) is 0 Å². The summed E-state index contributed by atoms with van der Waals surface area (Å²) in [5.74, 6) is 0.515. The van der Waals surface area contributed by atoms with E-state index < -0.39 is 0 Å². The number of hydrogen-bond donors (Lipinski definition) is 2. The molecule has 0 spiro atoms. The van der Waals surface area contributed by atoms with E-state index in [9.17, 15) is 0 Å².